The first-order chi connectivity index (χ1) is 13.4. The first-order valence-electron chi connectivity index (χ1n) is 9.76. The number of nitrogens with zero attached hydrogens (tertiary/aromatic N) is 2. The van der Waals surface area contributed by atoms with Gasteiger partial charge in [-0.2, -0.15) is 5.10 Å². The van der Waals surface area contributed by atoms with Gasteiger partial charge in [0.1, 0.15) is 5.69 Å². The minimum atomic E-state index is -0.331. The molecule has 7 nitrogen and oxygen atoms in total. The van der Waals surface area contributed by atoms with Crippen molar-refractivity contribution in [1.82, 2.24) is 20.4 Å². The number of rotatable bonds is 5. The summed E-state index contributed by atoms with van der Waals surface area (Å²) in [7, 11) is 1.54. The Kier molecular flexibility index (Phi) is 6.14. The lowest BCUT2D eigenvalue weighted by molar-refractivity contribution is 0.0612. The van der Waals surface area contributed by atoms with Crippen LogP contribution in [0.5, 0.6) is 0 Å². The Morgan fingerprint density at radius 3 is 2.57 bits per heavy atom. The van der Waals surface area contributed by atoms with E-state index in [1.807, 2.05) is 44.2 Å². The van der Waals surface area contributed by atoms with Crippen LogP contribution < -0.4 is 10.6 Å². The van der Waals surface area contributed by atoms with Crippen molar-refractivity contribution >= 4 is 11.8 Å². The molecule has 7 heteroatoms. The lowest BCUT2D eigenvalue weighted by Crippen LogP contribution is -2.42. The average Bonchev–Trinajstić information content (AvgIpc) is 3.16. The molecule has 0 spiro atoms. The van der Waals surface area contributed by atoms with Crippen LogP contribution in [0.4, 0.5) is 0 Å². The van der Waals surface area contributed by atoms with Gasteiger partial charge in [0.15, 0.2) is 5.69 Å². The molecule has 1 aliphatic rings. The van der Waals surface area contributed by atoms with Gasteiger partial charge in [0.05, 0.1) is 12.1 Å². The van der Waals surface area contributed by atoms with Gasteiger partial charge < -0.3 is 15.7 Å². The summed E-state index contributed by atoms with van der Waals surface area (Å²) in [6.45, 7) is 3.94. The lowest BCUT2D eigenvalue weighted by atomic mass is 9.84. The molecule has 0 aliphatic heterocycles. The van der Waals surface area contributed by atoms with Crippen LogP contribution in [0, 0.1) is 5.92 Å². The number of hydrogen-bond acceptors (Lipinski definition) is 4. The number of aliphatic hydroxyl groups excluding tert-OH is 1. The maximum absolute atomic E-state index is 13.0. The topological polar surface area (TPSA) is 96.3 Å². The summed E-state index contributed by atoms with van der Waals surface area (Å²) < 4.78 is 1.61. The summed E-state index contributed by atoms with van der Waals surface area (Å²) in [5.41, 5.74) is 1.56. The Balaban J connectivity index is 1.87. The molecule has 3 N–H and O–H groups in total. The molecule has 28 heavy (non-hydrogen) atoms. The highest BCUT2D eigenvalue weighted by Crippen LogP contribution is 2.25. The van der Waals surface area contributed by atoms with Crippen LogP contribution in [0.3, 0.4) is 0 Å². The van der Waals surface area contributed by atoms with Crippen molar-refractivity contribution in [3.63, 3.8) is 0 Å². The molecule has 1 saturated carbocycles. The van der Waals surface area contributed by atoms with Gasteiger partial charge in [-0.1, -0.05) is 37.3 Å². The molecule has 1 aliphatic carbocycles. The molecule has 0 bridgehead atoms. The fourth-order valence-electron chi connectivity index (χ4n) is 3.74. The van der Waals surface area contributed by atoms with E-state index in [0.29, 0.717) is 12.1 Å². The van der Waals surface area contributed by atoms with Crippen LogP contribution >= 0.6 is 0 Å². The number of carbonyl (C=O) groups is 2. The van der Waals surface area contributed by atoms with Gasteiger partial charge in [0, 0.05) is 19.2 Å². The number of aromatic nitrogens is 2. The molecule has 4 atom stereocenters. The summed E-state index contributed by atoms with van der Waals surface area (Å²) in [5.74, 6) is -0.435. The van der Waals surface area contributed by atoms with E-state index in [9.17, 15) is 14.7 Å². The third kappa shape index (κ3) is 4.25. The van der Waals surface area contributed by atoms with Gasteiger partial charge in [-0.3, -0.25) is 14.3 Å². The third-order valence-corrected chi connectivity index (χ3v) is 5.54. The Labute approximate surface area is 165 Å². The fraction of sp³-hybridized carbons (Fsp3) is 0.476. The molecule has 3 rings (SSSR count). The molecule has 0 saturated heterocycles. The van der Waals surface area contributed by atoms with Crippen molar-refractivity contribution in [2.75, 3.05) is 7.05 Å². The van der Waals surface area contributed by atoms with Crippen LogP contribution in [-0.2, 0) is 0 Å². The van der Waals surface area contributed by atoms with Crippen molar-refractivity contribution in [1.29, 1.82) is 0 Å². The van der Waals surface area contributed by atoms with Gasteiger partial charge >= 0.3 is 0 Å². The number of aliphatic hydroxyl groups is 1. The second-order valence-electron chi connectivity index (χ2n) is 7.55. The standard InChI is InChI=1S/C21H28N4O3/c1-13-11-16(9-10-19(13)26)23-21(28)18-12-17(20(27)22-3)24-25(18)14(2)15-7-5-4-6-8-15/h4-8,12-14,16,19,26H,9-11H2,1-3H3,(H,22,27)(H,23,28)/t13-,14?,16?,19?/m1/s1. The average molecular weight is 384 g/mol. The summed E-state index contributed by atoms with van der Waals surface area (Å²) in [6.07, 6.45) is 1.84. The van der Waals surface area contributed by atoms with E-state index < -0.39 is 0 Å². The smallest absolute Gasteiger partial charge is 0.271 e. The van der Waals surface area contributed by atoms with Crippen molar-refractivity contribution in [3.8, 4) is 0 Å². The van der Waals surface area contributed by atoms with Crippen molar-refractivity contribution < 1.29 is 14.7 Å². The van der Waals surface area contributed by atoms with E-state index in [0.717, 1.165) is 18.4 Å². The van der Waals surface area contributed by atoms with Gasteiger partial charge in [0.2, 0.25) is 0 Å². The molecule has 3 unspecified atom stereocenters. The molecule has 150 valence electrons. The van der Waals surface area contributed by atoms with Crippen LogP contribution in [0.1, 0.15) is 65.7 Å². The Hall–Kier alpha value is -2.67. The van der Waals surface area contributed by atoms with Crippen LogP contribution in [-0.4, -0.2) is 45.9 Å². The Morgan fingerprint density at radius 1 is 1.21 bits per heavy atom. The molecular weight excluding hydrogens is 356 g/mol. The fourth-order valence-corrected chi connectivity index (χ4v) is 3.74. The summed E-state index contributed by atoms with van der Waals surface area (Å²) in [5, 5.41) is 19.9. The normalized spacial score (nSPS) is 23.1. The van der Waals surface area contributed by atoms with Crippen LogP contribution in [0.2, 0.25) is 0 Å². The minimum Gasteiger partial charge on any atom is -0.393 e. The molecule has 1 aromatic carbocycles. The molecule has 1 heterocycles. The van der Waals surface area contributed by atoms with E-state index in [2.05, 4.69) is 15.7 Å². The molecule has 1 fully saturated rings. The number of nitrogens with one attached hydrogen (secondary N) is 2. The van der Waals surface area contributed by atoms with Crippen LogP contribution in [0.25, 0.3) is 0 Å². The maximum atomic E-state index is 13.0. The van der Waals surface area contributed by atoms with E-state index >= 15 is 0 Å². The van der Waals surface area contributed by atoms with Crippen molar-refractivity contribution in [2.45, 2.75) is 51.3 Å². The predicted molar refractivity (Wildman–Crippen MR) is 106 cm³/mol. The minimum absolute atomic E-state index is 0.00438. The zero-order valence-electron chi connectivity index (χ0n) is 16.6. The number of hydrogen-bond donors (Lipinski definition) is 3. The van der Waals surface area contributed by atoms with E-state index in [1.165, 1.54) is 13.1 Å². The van der Waals surface area contributed by atoms with E-state index in [1.54, 1.807) is 4.68 Å². The molecule has 0 radical (unpaired) electrons. The quantitative estimate of drug-likeness (QED) is 0.736. The molecule has 1 aromatic heterocycles. The SMILES string of the molecule is CNC(=O)c1cc(C(=O)NC2CCC(O)[C@H](C)C2)n(C(C)c2ccccc2)n1. The van der Waals surface area contributed by atoms with Gasteiger partial charge in [-0.15, -0.1) is 0 Å². The first-order valence-corrected chi connectivity index (χ1v) is 9.76. The first kappa shape index (κ1) is 20.1. The Bertz CT molecular complexity index is 833. The lowest BCUT2D eigenvalue weighted by Gasteiger charge is -2.31. The highest BCUT2D eigenvalue weighted by Gasteiger charge is 2.29. The van der Waals surface area contributed by atoms with Crippen LogP contribution in [0.15, 0.2) is 36.4 Å². The monoisotopic (exact) mass is 384 g/mol. The molecule has 2 aromatic rings. The molecule has 2 amide bonds. The van der Waals surface area contributed by atoms with Gasteiger partial charge in [-0.05, 0) is 37.7 Å². The highest BCUT2D eigenvalue weighted by atomic mass is 16.3. The zero-order valence-corrected chi connectivity index (χ0v) is 16.6. The predicted octanol–water partition coefficient (Wildman–Crippen LogP) is 2.13. The van der Waals surface area contributed by atoms with E-state index in [4.69, 9.17) is 0 Å². The summed E-state index contributed by atoms with van der Waals surface area (Å²) in [6, 6.07) is 11.1. The second-order valence-corrected chi connectivity index (χ2v) is 7.55. The van der Waals surface area contributed by atoms with Crippen molar-refractivity contribution in [2.24, 2.45) is 5.92 Å². The highest BCUT2D eigenvalue weighted by molar-refractivity contribution is 5.98. The Morgan fingerprint density at radius 2 is 1.93 bits per heavy atom. The summed E-state index contributed by atoms with van der Waals surface area (Å²) >= 11 is 0. The number of carbonyl (C=O) groups excluding carboxylic acids is 2. The number of benzene rings is 1. The maximum Gasteiger partial charge on any atom is 0.271 e. The van der Waals surface area contributed by atoms with E-state index in [-0.39, 0.29) is 41.6 Å². The van der Waals surface area contributed by atoms with Gasteiger partial charge in [0.25, 0.3) is 11.8 Å². The third-order valence-electron chi connectivity index (χ3n) is 5.54. The van der Waals surface area contributed by atoms with Gasteiger partial charge in [-0.25, -0.2) is 0 Å². The summed E-state index contributed by atoms with van der Waals surface area (Å²) in [4.78, 5) is 25.1. The van der Waals surface area contributed by atoms with Crippen molar-refractivity contribution in [3.05, 3.63) is 53.3 Å². The second kappa shape index (κ2) is 8.56. The molecular formula is C21H28N4O3. The number of amides is 2. The largest absolute Gasteiger partial charge is 0.393 e. The zero-order chi connectivity index (χ0) is 20.3.